The van der Waals surface area contributed by atoms with Gasteiger partial charge >= 0.3 is 5.63 Å². The van der Waals surface area contributed by atoms with Crippen molar-refractivity contribution in [3.05, 3.63) is 45.8 Å². The summed E-state index contributed by atoms with van der Waals surface area (Å²) in [7, 11) is 1.58. The summed E-state index contributed by atoms with van der Waals surface area (Å²) in [6.45, 7) is 3.16. The summed E-state index contributed by atoms with van der Waals surface area (Å²) in [5.74, 6) is -0.274. The zero-order valence-corrected chi connectivity index (χ0v) is 12.9. The minimum Gasteiger partial charge on any atom is -0.459 e. The molecule has 3 rings (SSSR count). The quantitative estimate of drug-likeness (QED) is 0.803. The average molecular weight is 319 g/mol. The van der Waals surface area contributed by atoms with Crippen molar-refractivity contribution in [3.63, 3.8) is 0 Å². The Hall–Kier alpha value is -2.77. The lowest BCUT2D eigenvalue weighted by Gasteiger charge is -2.34. The third-order valence-electron chi connectivity index (χ3n) is 4.06. The fourth-order valence-electron chi connectivity index (χ4n) is 2.61. The Bertz CT molecular complexity index is 779. The SMILES string of the molecule is Cc1c(C(=O)N2CCN(C(=O)c3ccco3)CC2)c(=O)on1C. The van der Waals surface area contributed by atoms with Crippen molar-refractivity contribution in [1.29, 1.82) is 0 Å². The number of nitrogens with zero attached hydrogens (tertiary/aromatic N) is 3. The Morgan fingerprint density at radius 3 is 2.17 bits per heavy atom. The number of rotatable bonds is 2. The summed E-state index contributed by atoms with van der Waals surface area (Å²) in [6.07, 6.45) is 1.45. The van der Waals surface area contributed by atoms with Crippen LogP contribution >= 0.6 is 0 Å². The number of piperazine rings is 1. The van der Waals surface area contributed by atoms with Crippen LogP contribution in [0, 0.1) is 6.92 Å². The molecule has 8 heteroatoms. The van der Waals surface area contributed by atoms with Crippen LogP contribution in [0.4, 0.5) is 0 Å². The molecular weight excluding hydrogens is 302 g/mol. The first-order valence-electron chi connectivity index (χ1n) is 7.28. The van der Waals surface area contributed by atoms with Gasteiger partial charge in [0.25, 0.3) is 11.8 Å². The first-order valence-corrected chi connectivity index (χ1v) is 7.28. The summed E-state index contributed by atoms with van der Waals surface area (Å²) in [4.78, 5) is 39.6. The van der Waals surface area contributed by atoms with Crippen LogP contribution in [-0.4, -0.2) is 52.5 Å². The van der Waals surface area contributed by atoms with Gasteiger partial charge < -0.3 is 18.7 Å². The molecule has 23 heavy (non-hydrogen) atoms. The van der Waals surface area contributed by atoms with Crippen LogP contribution in [0.1, 0.15) is 26.6 Å². The third-order valence-corrected chi connectivity index (χ3v) is 4.06. The van der Waals surface area contributed by atoms with Gasteiger partial charge in [0.15, 0.2) is 5.76 Å². The van der Waals surface area contributed by atoms with E-state index in [9.17, 15) is 14.4 Å². The fourth-order valence-corrected chi connectivity index (χ4v) is 2.61. The van der Waals surface area contributed by atoms with E-state index in [0.29, 0.717) is 31.9 Å². The Kier molecular flexibility index (Phi) is 3.81. The normalized spacial score (nSPS) is 15.0. The fraction of sp³-hybridized carbons (Fsp3) is 0.400. The summed E-state index contributed by atoms with van der Waals surface area (Å²) in [5, 5.41) is 0. The highest BCUT2D eigenvalue weighted by Crippen LogP contribution is 2.12. The van der Waals surface area contributed by atoms with Gasteiger partial charge in [-0.05, 0) is 19.1 Å². The molecule has 122 valence electrons. The zero-order chi connectivity index (χ0) is 16.6. The zero-order valence-electron chi connectivity index (χ0n) is 12.9. The first kappa shape index (κ1) is 15.1. The highest BCUT2D eigenvalue weighted by Gasteiger charge is 2.30. The molecule has 1 fully saturated rings. The highest BCUT2D eigenvalue weighted by molar-refractivity contribution is 5.95. The lowest BCUT2D eigenvalue weighted by Crippen LogP contribution is -2.51. The summed E-state index contributed by atoms with van der Waals surface area (Å²) in [6, 6.07) is 3.27. The molecule has 1 saturated heterocycles. The number of aromatic nitrogens is 1. The molecule has 0 unspecified atom stereocenters. The van der Waals surface area contributed by atoms with Crippen LogP contribution in [0.15, 0.2) is 32.1 Å². The van der Waals surface area contributed by atoms with Crippen molar-refractivity contribution < 1.29 is 18.5 Å². The van der Waals surface area contributed by atoms with Gasteiger partial charge in [-0.15, -0.1) is 0 Å². The number of aryl methyl sites for hydroxylation is 1. The van der Waals surface area contributed by atoms with E-state index in [0.717, 1.165) is 0 Å². The van der Waals surface area contributed by atoms with Crippen LogP contribution in [0.5, 0.6) is 0 Å². The molecule has 0 bridgehead atoms. The molecule has 0 radical (unpaired) electrons. The summed E-state index contributed by atoms with van der Waals surface area (Å²) in [5.41, 5.74) is -0.0866. The van der Waals surface area contributed by atoms with Crippen molar-refractivity contribution in [2.24, 2.45) is 7.05 Å². The van der Waals surface area contributed by atoms with Crippen LogP contribution in [0.3, 0.4) is 0 Å². The van der Waals surface area contributed by atoms with Crippen LogP contribution in [0.25, 0.3) is 0 Å². The van der Waals surface area contributed by atoms with Gasteiger partial charge in [-0.2, -0.15) is 0 Å². The van der Waals surface area contributed by atoms with Crippen molar-refractivity contribution in [1.82, 2.24) is 14.5 Å². The molecule has 2 aromatic heterocycles. The van der Waals surface area contributed by atoms with Crippen molar-refractivity contribution in [2.75, 3.05) is 26.2 Å². The lowest BCUT2D eigenvalue weighted by molar-refractivity contribution is 0.0516. The number of carbonyl (C=O) groups excluding carboxylic acids is 2. The molecule has 0 spiro atoms. The third kappa shape index (κ3) is 2.67. The average Bonchev–Trinajstić information content (AvgIpc) is 3.16. The largest absolute Gasteiger partial charge is 0.459 e. The van der Waals surface area contributed by atoms with Gasteiger partial charge in [0, 0.05) is 33.2 Å². The van der Waals surface area contributed by atoms with Gasteiger partial charge in [0.05, 0.1) is 12.0 Å². The van der Waals surface area contributed by atoms with Crippen molar-refractivity contribution in [3.8, 4) is 0 Å². The van der Waals surface area contributed by atoms with Gasteiger partial charge in [-0.25, -0.2) is 9.53 Å². The van der Waals surface area contributed by atoms with E-state index in [4.69, 9.17) is 8.94 Å². The van der Waals surface area contributed by atoms with E-state index in [-0.39, 0.29) is 23.1 Å². The lowest BCUT2D eigenvalue weighted by atomic mass is 10.2. The monoisotopic (exact) mass is 319 g/mol. The predicted octanol–water partition coefficient (Wildman–Crippen LogP) is 0.478. The molecule has 8 nitrogen and oxygen atoms in total. The van der Waals surface area contributed by atoms with E-state index in [1.807, 2.05) is 0 Å². The molecule has 2 aromatic rings. The van der Waals surface area contributed by atoms with Gasteiger partial charge in [-0.3, -0.25) is 9.59 Å². The van der Waals surface area contributed by atoms with E-state index in [1.54, 1.807) is 35.9 Å². The van der Waals surface area contributed by atoms with Crippen molar-refractivity contribution in [2.45, 2.75) is 6.92 Å². The molecule has 2 amide bonds. The Labute approximate surface area is 131 Å². The maximum atomic E-state index is 12.5. The van der Waals surface area contributed by atoms with E-state index >= 15 is 0 Å². The number of carbonyl (C=O) groups is 2. The smallest absolute Gasteiger partial charge is 0.370 e. The molecule has 3 heterocycles. The Morgan fingerprint density at radius 2 is 1.70 bits per heavy atom. The number of furan rings is 1. The second-order valence-corrected chi connectivity index (χ2v) is 5.40. The second kappa shape index (κ2) is 5.79. The van der Waals surface area contributed by atoms with Gasteiger partial charge in [0.1, 0.15) is 5.56 Å². The maximum Gasteiger partial charge on any atom is 0.370 e. The number of amides is 2. The summed E-state index contributed by atoms with van der Waals surface area (Å²) >= 11 is 0. The van der Waals surface area contributed by atoms with E-state index in [1.165, 1.54) is 11.0 Å². The molecular formula is C15H17N3O5. The Morgan fingerprint density at radius 1 is 1.09 bits per heavy atom. The molecule has 1 aliphatic rings. The van der Waals surface area contributed by atoms with Crippen LogP contribution in [-0.2, 0) is 7.05 Å². The molecule has 0 aliphatic carbocycles. The second-order valence-electron chi connectivity index (χ2n) is 5.40. The summed E-state index contributed by atoms with van der Waals surface area (Å²) < 4.78 is 11.3. The molecule has 0 atom stereocenters. The molecule has 0 aromatic carbocycles. The highest BCUT2D eigenvalue weighted by atomic mass is 16.5. The van der Waals surface area contributed by atoms with E-state index < -0.39 is 5.63 Å². The number of hydrogen-bond donors (Lipinski definition) is 0. The van der Waals surface area contributed by atoms with Crippen LogP contribution in [0.2, 0.25) is 0 Å². The molecule has 0 saturated carbocycles. The van der Waals surface area contributed by atoms with E-state index in [2.05, 4.69) is 0 Å². The topological polar surface area (TPSA) is 88.9 Å². The number of hydrogen-bond acceptors (Lipinski definition) is 5. The standard InChI is InChI=1S/C15H17N3O5/c1-10-12(15(21)23-16(10)2)14(20)18-7-5-17(6-8-18)13(19)11-4-3-9-22-11/h3-4,9H,5-8H2,1-2H3. The molecule has 0 N–H and O–H groups in total. The van der Waals surface area contributed by atoms with Crippen molar-refractivity contribution >= 4 is 11.8 Å². The Balaban J connectivity index is 1.68. The predicted molar refractivity (Wildman–Crippen MR) is 79.2 cm³/mol. The maximum absolute atomic E-state index is 12.5. The van der Waals surface area contributed by atoms with Gasteiger partial charge in [0.2, 0.25) is 0 Å². The minimum absolute atomic E-state index is 0.0540. The molecule has 1 aliphatic heterocycles. The minimum atomic E-state index is -0.635. The van der Waals surface area contributed by atoms with Gasteiger partial charge in [-0.1, -0.05) is 0 Å². The van der Waals surface area contributed by atoms with Crippen LogP contribution < -0.4 is 5.63 Å². The first-order chi connectivity index (χ1) is 11.0.